The fourth-order valence-corrected chi connectivity index (χ4v) is 3.09. The Morgan fingerprint density at radius 3 is 2.23 bits per heavy atom. The summed E-state index contributed by atoms with van der Waals surface area (Å²) in [7, 11) is 0. The summed E-state index contributed by atoms with van der Waals surface area (Å²) < 4.78 is 0. The molecule has 0 aromatic heterocycles. The largest absolute Gasteiger partial charge is 0.505 e. The molecule has 2 aromatic carbocycles. The van der Waals surface area contributed by atoms with E-state index in [0.717, 1.165) is 12.0 Å². The molecule has 0 aliphatic carbocycles. The molecule has 7 heteroatoms. The fraction of sp³-hybridized carbons (Fsp3) is 0.250. The Morgan fingerprint density at radius 2 is 1.69 bits per heavy atom. The van der Waals surface area contributed by atoms with E-state index < -0.39 is 22.5 Å². The van der Waals surface area contributed by atoms with Gasteiger partial charge in [0.05, 0.1) is 11.3 Å². The highest BCUT2D eigenvalue weighted by Gasteiger charge is 2.24. The average molecular weight is 478 g/mol. The minimum Gasteiger partial charge on any atom is -0.505 e. The van der Waals surface area contributed by atoms with Gasteiger partial charge in [0.15, 0.2) is 5.76 Å². The van der Waals surface area contributed by atoms with Crippen molar-refractivity contribution >= 4 is 23.0 Å². The van der Waals surface area contributed by atoms with E-state index in [1.54, 1.807) is 31.2 Å². The number of aliphatic hydroxyl groups excluding tert-OH is 1. The van der Waals surface area contributed by atoms with Crippen LogP contribution in [-0.4, -0.2) is 17.6 Å². The maximum Gasteiger partial charge on any atom is 0.255 e. The highest BCUT2D eigenvalue weighted by molar-refractivity contribution is 5.97. The lowest BCUT2D eigenvalue weighted by Gasteiger charge is -2.17. The maximum atomic E-state index is 12.7. The maximum absolute atomic E-state index is 12.7. The lowest BCUT2D eigenvalue weighted by Crippen LogP contribution is -2.36. The van der Waals surface area contributed by atoms with Crippen molar-refractivity contribution in [1.82, 2.24) is 5.32 Å². The van der Waals surface area contributed by atoms with Gasteiger partial charge >= 0.3 is 0 Å². The number of hydrogen-bond donors (Lipinski definition) is 4. The van der Waals surface area contributed by atoms with Crippen LogP contribution in [0.2, 0.25) is 0 Å². The van der Waals surface area contributed by atoms with Crippen LogP contribution in [0.4, 0.5) is 17.1 Å². The van der Waals surface area contributed by atoms with Gasteiger partial charge in [0.1, 0.15) is 11.4 Å². The Labute approximate surface area is 207 Å². The Balaban J connectivity index is 0.00000298. The molecule has 0 saturated heterocycles. The summed E-state index contributed by atoms with van der Waals surface area (Å²) in [5, 5.41) is 19.2. The number of benzene rings is 1. The fourth-order valence-electron chi connectivity index (χ4n) is 3.09. The highest BCUT2D eigenvalue weighted by Crippen LogP contribution is 2.24. The number of amides is 1. The second-order valence-corrected chi connectivity index (χ2v) is 7.06. The van der Waals surface area contributed by atoms with Gasteiger partial charge in [-0.05, 0) is 38.0 Å². The molecular weight excluding hydrogens is 442 g/mol. The molecule has 0 fully saturated rings. The van der Waals surface area contributed by atoms with Crippen molar-refractivity contribution in [3.05, 3.63) is 110 Å². The molecule has 0 radical (unpaired) electrons. The third kappa shape index (κ3) is 7.71. The highest BCUT2D eigenvalue weighted by atomic mass is 16.3. The summed E-state index contributed by atoms with van der Waals surface area (Å²) in [5.41, 5.74) is 0.312. The van der Waals surface area contributed by atoms with Crippen LogP contribution in [0.25, 0.3) is 0 Å². The van der Waals surface area contributed by atoms with E-state index in [2.05, 4.69) is 22.5 Å². The minimum absolute atomic E-state index is 0.00794. The lowest BCUT2D eigenvalue weighted by atomic mass is 10.1. The van der Waals surface area contributed by atoms with Gasteiger partial charge in [0.25, 0.3) is 16.8 Å². The van der Waals surface area contributed by atoms with Crippen LogP contribution in [0, 0.1) is 0 Å². The molecule has 0 aliphatic heterocycles. The first-order chi connectivity index (χ1) is 16.9. The van der Waals surface area contributed by atoms with Crippen molar-refractivity contribution in [2.45, 2.75) is 41.0 Å². The predicted molar refractivity (Wildman–Crippen MR) is 146 cm³/mol. The Bertz CT molecular complexity index is 1190. The van der Waals surface area contributed by atoms with Gasteiger partial charge < -0.3 is 21.1 Å². The summed E-state index contributed by atoms with van der Waals surface area (Å²) in [4.78, 5) is 36.9. The molecule has 1 amide bonds. The number of rotatable bonds is 11. The van der Waals surface area contributed by atoms with Gasteiger partial charge in [-0.3, -0.25) is 14.4 Å². The number of carbonyl (C=O) groups excluding carboxylic acids is 1. The number of nitrogens with one attached hydrogen (secondary N) is 3. The SMILES string of the molecule is C=C/C(C(=O)NCC(/C=C\C)=C/CC)=C(O)\C(=C/C)Nc1c(Nc2ccccc2)c(=O)c1=O.CC. The normalized spacial score (nSPS) is 12.5. The van der Waals surface area contributed by atoms with Crippen molar-refractivity contribution in [1.29, 1.82) is 0 Å². The van der Waals surface area contributed by atoms with Crippen molar-refractivity contribution in [3.63, 3.8) is 0 Å². The number of anilines is 3. The molecule has 0 bridgehead atoms. The summed E-state index contributed by atoms with van der Waals surface area (Å²) in [5.74, 6) is -0.918. The van der Waals surface area contributed by atoms with E-state index in [1.807, 2.05) is 52.0 Å². The smallest absolute Gasteiger partial charge is 0.255 e. The minimum atomic E-state index is -0.717. The Morgan fingerprint density at radius 1 is 1.06 bits per heavy atom. The molecule has 7 nitrogen and oxygen atoms in total. The molecule has 0 unspecified atom stereocenters. The number of para-hydroxylation sites is 1. The van der Waals surface area contributed by atoms with E-state index in [9.17, 15) is 19.5 Å². The molecule has 2 aromatic rings. The van der Waals surface area contributed by atoms with E-state index >= 15 is 0 Å². The number of aliphatic hydroxyl groups is 1. The van der Waals surface area contributed by atoms with Gasteiger partial charge in [-0.2, -0.15) is 0 Å². The van der Waals surface area contributed by atoms with Crippen LogP contribution in [0.3, 0.4) is 0 Å². The van der Waals surface area contributed by atoms with E-state index in [1.165, 1.54) is 12.2 Å². The zero-order valence-corrected chi connectivity index (χ0v) is 21.1. The van der Waals surface area contributed by atoms with Crippen molar-refractivity contribution in [2.24, 2.45) is 0 Å². The van der Waals surface area contributed by atoms with Crippen molar-refractivity contribution in [3.8, 4) is 0 Å². The summed E-state index contributed by atoms with van der Waals surface area (Å²) >= 11 is 0. The van der Waals surface area contributed by atoms with Crippen LogP contribution in [0.1, 0.15) is 41.0 Å². The van der Waals surface area contributed by atoms with Gasteiger partial charge in [0.2, 0.25) is 0 Å². The first-order valence-corrected chi connectivity index (χ1v) is 11.6. The lowest BCUT2D eigenvalue weighted by molar-refractivity contribution is -0.117. The van der Waals surface area contributed by atoms with Gasteiger partial charge in [-0.25, -0.2) is 0 Å². The van der Waals surface area contributed by atoms with Crippen LogP contribution in [0.15, 0.2) is 99.5 Å². The van der Waals surface area contributed by atoms with E-state index in [4.69, 9.17) is 0 Å². The quantitative estimate of drug-likeness (QED) is 0.149. The van der Waals surface area contributed by atoms with Gasteiger partial charge in [-0.1, -0.05) is 75.9 Å². The molecule has 0 spiro atoms. The van der Waals surface area contributed by atoms with Crippen molar-refractivity contribution in [2.75, 3.05) is 17.2 Å². The van der Waals surface area contributed by atoms with Gasteiger partial charge in [-0.15, -0.1) is 0 Å². The molecule has 0 saturated carbocycles. The second kappa shape index (κ2) is 14.9. The summed E-state index contributed by atoms with van der Waals surface area (Å²) in [6.07, 6.45) is 9.31. The predicted octanol–water partition coefficient (Wildman–Crippen LogP) is 5.39. The summed E-state index contributed by atoms with van der Waals surface area (Å²) in [6.45, 7) is 13.4. The van der Waals surface area contributed by atoms with Gasteiger partial charge in [0, 0.05) is 12.2 Å². The third-order valence-electron chi connectivity index (χ3n) is 4.76. The average Bonchev–Trinajstić information content (AvgIpc) is 2.89. The molecule has 35 heavy (non-hydrogen) atoms. The van der Waals surface area contributed by atoms with E-state index in [0.29, 0.717) is 5.69 Å². The standard InChI is InChI=1S/C26H29N3O4.C2H6/c1-5-12-17(13-6-2)16-27-26(33)19(7-3)23(30)20(8-4)29-22-21(24(31)25(22)32)28-18-14-10-9-11-15-18;1-2/h5,7-15,28-30H,3,6,16H2,1-2,4H3,(H,27,33);1-2H3/b12-5-,17-13+,20-8+,23-19-;. The molecule has 4 N–H and O–H groups in total. The Hall–Kier alpha value is -4.13. The molecule has 2 rings (SSSR count). The van der Waals surface area contributed by atoms with Crippen LogP contribution >= 0.6 is 0 Å². The molecule has 0 heterocycles. The molecule has 0 atom stereocenters. The topological polar surface area (TPSA) is 108 Å². The summed E-state index contributed by atoms with van der Waals surface area (Å²) in [6, 6.07) is 8.92. The zero-order valence-electron chi connectivity index (χ0n) is 21.1. The number of carbonyl (C=O) groups is 1. The zero-order chi connectivity index (χ0) is 26.4. The number of allylic oxidation sites excluding steroid dienone is 3. The Kier molecular flexibility index (Phi) is 12.3. The third-order valence-corrected chi connectivity index (χ3v) is 4.76. The van der Waals surface area contributed by atoms with Crippen LogP contribution in [-0.2, 0) is 4.79 Å². The van der Waals surface area contributed by atoms with Crippen LogP contribution in [0.5, 0.6) is 0 Å². The van der Waals surface area contributed by atoms with E-state index in [-0.39, 0.29) is 29.2 Å². The van der Waals surface area contributed by atoms with Crippen molar-refractivity contribution < 1.29 is 9.90 Å². The van der Waals surface area contributed by atoms with Crippen LogP contribution < -0.4 is 26.8 Å². The first-order valence-electron chi connectivity index (χ1n) is 11.6. The molecule has 0 aliphatic rings. The second-order valence-electron chi connectivity index (χ2n) is 7.06. The first kappa shape index (κ1) is 28.9. The molecular formula is C28H35N3O4. The molecule has 186 valence electrons. The monoisotopic (exact) mass is 477 g/mol. The number of hydrogen-bond acceptors (Lipinski definition) is 6.